The summed E-state index contributed by atoms with van der Waals surface area (Å²) in [6.07, 6.45) is -2.36. The molecule has 3 aromatic rings. The zero-order chi connectivity index (χ0) is 26.6. The molecule has 2 amide bonds. The Kier molecular flexibility index (Phi) is 7.86. The molecule has 13 heteroatoms. The van der Waals surface area contributed by atoms with Crippen molar-refractivity contribution in [1.82, 2.24) is 25.4 Å². The van der Waals surface area contributed by atoms with Gasteiger partial charge in [-0.25, -0.2) is 4.98 Å². The molecule has 37 heavy (non-hydrogen) atoms. The molecule has 9 nitrogen and oxygen atoms in total. The van der Waals surface area contributed by atoms with E-state index in [1.807, 2.05) is 0 Å². The Balaban J connectivity index is 1.28. The fourth-order valence-electron chi connectivity index (χ4n) is 3.95. The fourth-order valence-corrected chi connectivity index (χ4v) is 4.15. The first-order chi connectivity index (χ1) is 17.6. The minimum absolute atomic E-state index is 0.170. The molecule has 0 radical (unpaired) electrons. The van der Waals surface area contributed by atoms with Crippen LogP contribution in [-0.2, 0) is 11.3 Å². The average Bonchev–Trinajstić information content (AvgIpc) is 3.37. The molecule has 0 saturated carbocycles. The van der Waals surface area contributed by atoms with Crippen LogP contribution >= 0.6 is 11.6 Å². The van der Waals surface area contributed by atoms with Gasteiger partial charge in [-0.05, 0) is 36.6 Å². The van der Waals surface area contributed by atoms with Crippen LogP contribution in [0.3, 0.4) is 0 Å². The van der Waals surface area contributed by atoms with Gasteiger partial charge >= 0.3 is 6.36 Å². The Bertz CT molecular complexity index is 1260. The van der Waals surface area contributed by atoms with Gasteiger partial charge in [-0.1, -0.05) is 23.7 Å². The van der Waals surface area contributed by atoms with Crippen molar-refractivity contribution >= 4 is 23.4 Å². The molecular weight excluding hydrogens is 515 g/mol. The van der Waals surface area contributed by atoms with Gasteiger partial charge < -0.3 is 19.7 Å². The number of nitrogens with one attached hydrogen (secondary N) is 2. The minimum Gasteiger partial charge on any atom is -0.481 e. The van der Waals surface area contributed by atoms with Crippen molar-refractivity contribution in [2.45, 2.75) is 25.7 Å². The Hall–Kier alpha value is -3.80. The molecule has 1 aliphatic heterocycles. The van der Waals surface area contributed by atoms with E-state index < -0.39 is 6.36 Å². The van der Waals surface area contributed by atoms with Crippen molar-refractivity contribution in [2.24, 2.45) is 5.92 Å². The van der Waals surface area contributed by atoms with Gasteiger partial charge in [-0.2, -0.15) is 5.10 Å². The predicted molar refractivity (Wildman–Crippen MR) is 127 cm³/mol. The number of aromatic nitrogens is 3. The smallest absolute Gasteiger partial charge is 0.481 e. The summed E-state index contributed by atoms with van der Waals surface area (Å²) in [7, 11) is 1.48. The van der Waals surface area contributed by atoms with Crippen LogP contribution in [0.5, 0.6) is 11.6 Å². The van der Waals surface area contributed by atoms with E-state index in [1.54, 1.807) is 17.0 Å². The maximum absolute atomic E-state index is 13.0. The van der Waals surface area contributed by atoms with Gasteiger partial charge in [-0.15, -0.1) is 13.2 Å². The third-order valence-corrected chi connectivity index (χ3v) is 6.20. The number of hydrogen-bond donors (Lipinski definition) is 2. The van der Waals surface area contributed by atoms with Crippen LogP contribution in [0.1, 0.15) is 28.9 Å². The highest BCUT2D eigenvalue weighted by Gasteiger charge is 2.31. The summed E-state index contributed by atoms with van der Waals surface area (Å²) in [4.78, 5) is 31.2. The van der Waals surface area contributed by atoms with E-state index in [0.717, 1.165) is 0 Å². The number of H-pyrrole nitrogens is 1. The Morgan fingerprint density at radius 3 is 2.54 bits per heavy atom. The first kappa shape index (κ1) is 26.3. The van der Waals surface area contributed by atoms with Crippen LogP contribution in [0.4, 0.5) is 13.2 Å². The van der Waals surface area contributed by atoms with Gasteiger partial charge in [0.15, 0.2) is 0 Å². The van der Waals surface area contributed by atoms with Crippen LogP contribution in [0.25, 0.3) is 11.3 Å². The number of nitrogens with zero attached hydrogens (tertiary/aromatic N) is 3. The Morgan fingerprint density at radius 1 is 1.19 bits per heavy atom. The lowest BCUT2D eigenvalue weighted by atomic mass is 9.95. The molecule has 3 heterocycles. The molecule has 0 bridgehead atoms. The quantitative estimate of drug-likeness (QED) is 0.467. The first-order valence-corrected chi connectivity index (χ1v) is 11.7. The molecule has 4 rings (SSSR count). The third kappa shape index (κ3) is 6.70. The number of halogens is 4. The number of rotatable bonds is 7. The van der Waals surface area contributed by atoms with Crippen LogP contribution in [0.15, 0.2) is 42.6 Å². The van der Waals surface area contributed by atoms with Gasteiger partial charge in [0.1, 0.15) is 11.4 Å². The molecule has 1 saturated heterocycles. The third-order valence-electron chi connectivity index (χ3n) is 5.90. The molecule has 0 unspecified atom stereocenters. The number of benzene rings is 1. The second-order valence-corrected chi connectivity index (χ2v) is 8.76. The van der Waals surface area contributed by atoms with Gasteiger partial charge in [0.25, 0.3) is 5.91 Å². The van der Waals surface area contributed by atoms with E-state index in [0.29, 0.717) is 59.3 Å². The molecule has 1 aliphatic rings. The highest BCUT2D eigenvalue weighted by Crippen LogP contribution is 2.29. The van der Waals surface area contributed by atoms with Gasteiger partial charge in [-0.3, -0.25) is 14.7 Å². The van der Waals surface area contributed by atoms with Crippen LogP contribution < -0.4 is 14.8 Å². The van der Waals surface area contributed by atoms with Gasteiger partial charge in [0, 0.05) is 37.2 Å². The van der Waals surface area contributed by atoms with E-state index in [1.165, 1.54) is 37.6 Å². The maximum atomic E-state index is 13.0. The second-order valence-electron chi connectivity index (χ2n) is 8.35. The normalized spacial score (nSPS) is 14.4. The highest BCUT2D eigenvalue weighted by molar-refractivity contribution is 6.33. The number of amides is 2. The fraction of sp³-hybridized carbons (Fsp3) is 0.333. The van der Waals surface area contributed by atoms with E-state index in [4.69, 9.17) is 16.3 Å². The molecule has 1 fully saturated rings. The summed E-state index contributed by atoms with van der Waals surface area (Å²) in [5.74, 6) is -0.656. The lowest BCUT2D eigenvalue weighted by molar-refractivity contribution is -0.274. The number of methoxy groups -OCH3 is 1. The zero-order valence-electron chi connectivity index (χ0n) is 19.6. The standard InChI is InChI=1S/C24H23ClF3N5O4/c1-36-21-10-17(18(25)13-29-21)19-11-20(32-31-19)23(35)33-8-6-15(7-9-33)22(34)30-12-14-2-4-16(5-3-14)37-24(26,27)28/h2-5,10-11,13,15H,6-9,12H2,1H3,(H,30,34)(H,31,32). The summed E-state index contributed by atoms with van der Waals surface area (Å²) >= 11 is 6.21. The number of likely N-dealkylation sites (tertiary alicyclic amines) is 1. The van der Waals surface area contributed by atoms with Crippen molar-refractivity contribution in [3.05, 3.63) is 58.9 Å². The van der Waals surface area contributed by atoms with Crippen molar-refractivity contribution in [2.75, 3.05) is 20.2 Å². The van der Waals surface area contributed by atoms with Crippen molar-refractivity contribution in [1.29, 1.82) is 0 Å². The maximum Gasteiger partial charge on any atom is 0.573 e. The van der Waals surface area contributed by atoms with E-state index in [-0.39, 0.29) is 30.0 Å². The summed E-state index contributed by atoms with van der Waals surface area (Å²) in [6, 6.07) is 8.53. The number of aromatic amines is 1. The van der Waals surface area contributed by atoms with Crippen molar-refractivity contribution in [3.63, 3.8) is 0 Å². The predicted octanol–water partition coefficient (Wildman–Crippen LogP) is 4.20. The summed E-state index contributed by atoms with van der Waals surface area (Å²) in [5.41, 5.74) is 1.98. The molecule has 0 spiro atoms. The van der Waals surface area contributed by atoms with E-state index in [2.05, 4.69) is 25.2 Å². The van der Waals surface area contributed by atoms with E-state index in [9.17, 15) is 22.8 Å². The average molecular weight is 538 g/mol. The van der Waals surface area contributed by atoms with Gasteiger partial charge in [0.05, 0.1) is 24.0 Å². The van der Waals surface area contributed by atoms with Crippen LogP contribution in [0, 0.1) is 5.92 Å². The Morgan fingerprint density at radius 2 is 1.89 bits per heavy atom. The number of hydrogen-bond acceptors (Lipinski definition) is 6. The number of carbonyl (C=O) groups excluding carboxylic acids is 2. The second kappa shape index (κ2) is 11.1. The largest absolute Gasteiger partial charge is 0.573 e. The summed E-state index contributed by atoms with van der Waals surface area (Å²) in [5, 5.41) is 10.1. The summed E-state index contributed by atoms with van der Waals surface area (Å²) in [6.45, 7) is 0.945. The molecule has 0 aliphatic carbocycles. The minimum atomic E-state index is -4.76. The monoisotopic (exact) mass is 537 g/mol. The molecule has 2 N–H and O–H groups in total. The number of ether oxygens (including phenoxy) is 2. The number of pyridine rings is 1. The topological polar surface area (TPSA) is 109 Å². The SMILES string of the molecule is COc1cc(-c2cc(C(=O)N3CCC(C(=O)NCc4ccc(OC(F)(F)F)cc4)CC3)[nH]n2)c(Cl)cn1. The highest BCUT2D eigenvalue weighted by atomic mass is 35.5. The molecule has 196 valence electrons. The molecule has 0 atom stereocenters. The van der Waals surface area contributed by atoms with E-state index >= 15 is 0 Å². The number of carbonyl (C=O) groups is 2. The zero-order valence-corrected chi connectivity index (χ0v) is 20.4. The lowest BCUT2D eigenvalue weighted by Gasteiger charge is -2.31. The summed E-state index contributed by atoms with van der Waals surface area (Å²) < 4.78 is 45.8. The van der Waals surface area contributed by atoms with Crippen LogP contribution in [0.2, 0.25) is 5.02 Å². The molecular formula is C24H23ClF3N5O4. The van der Waals surface area contributed by atoms with Gasteiger partial charge in [0.2, 0.25) is 11.8 Å². The number of piperidine rings is 1. The number of alkyl halides is 3. The first-order valence-electron chi connectivity index (χ1n) is 11.3. The molecule has 1 aromatic carbocycles. The molecule has 2 aromatic heterocycles. The Labute approximate surface area is 214 Å². The lowest BCUT2D eigenvalue weighted by Crippen LogP contribution is -2.43. The van der Waals surface area contributed by atoms with Crippen molar-refractivity contribution in [3.8, 4) is 22.9 Å². The van der Waals surface area contributed by atoms with Crippen molar-refractivity contribution < 1.29 is 32.2 Å². The van der Waals surface area contributed by atoms with Crippen LogP contribution in [-0.4, -0.2) is 58.5 Å².